The van der Waals surface area contributed by atoms with Gasteiger partial charge in [-0.15, -0.1) is 0 Å². The summed E-state index contributed by atoms with van der Waals surface area (Å²) < 4.78 is 5.62. The lowest BCUT2D eigenvalue weighted by molar-refractivity contribution is -0.140. The molecule has 0 spiro atoms. The van der Waals surface area contributed by atoms with Gasteiger partial charge in [0.15, 0.2) is 23.1 Å². The van der Waals surface area contributed by atoms with Crippen LogP contribution in [0.4, 0.5) is 0 Å². The van der Waals surface area contributed by atoms with Crippen LogP contribution in [0.2, 0.25) is 0 Å². The van der Waals surface area contributed by atoms with Crippen LogP contribution < -0.4 is 4.74 Å². The maximum Gasteiger partial charge on any atom is 0.233 e. The number of carbonyl (C=O) groups excluding carboxylic acids is 4. The Labute approximate surface area is 237 Å². The van der Waals surface area contributed by atoms with Gasteiger partial charge in [0.05, 0.1) is 18.4 Å². The molecule has 3 aliphatic carbocycles. The second-order valence-electron chi connectivity index (χ2n) is 11.1. The maximum absolute atomic E-state index is 13.9. The third-order valence-corrected chi connectivity index (χ3v) is 8.85. The van der Waals surface area contributed by atoms with Gasteiger partial charge in [0.2, 0.25) is 11.8 Å². The largest absolute Gasteiger partial charge is 0.508 e. The topological polar surface area (TPSA) is 121 Å². The summed E-state index contributed by atoms with van der Waals surface area (Å²) >= 11 is 0. The van der Waals surface area contributed by atoms with Gasteiger partial charge in [-0.1, -0.05) is 35.9 Å². The smallest absolute Gasteiger partial charge is 0.233 e. The van der Waals surface area contributed by atoms with Gasteiger partial charge in [-0.25, -0.2) is 0 Å². The number of Topliss-reactive ketones (excluding diaryl/α,β-unsaturated/α-hetero) is 1. The van der Waals surface area contributed by atoms with Crippen LogP contribution in [-0.4, -0.2) is 51.6 Å². The van der Waals surface area contributed by atoms with Crippen LogP contribution in [0.25, 0.3) is 0 Å². The van der Waals surface area contributed by atoms with Gasteiger partial charge in [0, 0.05) is 34.7 Å². The first-order chi connectivity index (χ1) is 19.7. The Bertz CT molecular complexity index is 1580. The average Bonchev–Trinajstić information content (AvgIpc) is 3.20. The number of hydrogen-bond acceptors (Lipinski definition) is 7. The number of benzene rings is 2. The number of likely N-dealkylation sites (tertiary alicyclic amines) is 1. The second kappa shape index (κ2) is 10.2. The van der Waals surface area contributed by atoms with E-state index in [4.69, 9.17) is 4.74 Å². The Morgan fingerprint density at radius 1 is 0.976 bits per heavy atom. The van der Waals surface area contributed by atoms with Crippen LogP contribution in [0.15, 0.2) is 76.9 Å². The van der Waals surface area contributed by atoms with Gasteiger partial charge in [-0.05, 0) is 68.9 Å². The molecule has 2 amide bonds. The molecule has 210 valence electrons. The fourth-order valence-electron chi connectivity index (χ4n) is 6.97. The summed E-state index contributed by atoms with van der Waals surface area (Å²) in [6, 6.07) is 11.8. The minimum absolute atomic E-state index is 0.106. The third kappa shape index (κ3) is 4.29. The van der Waals surface area contributed by atoms with Crippen molar-refractivity contribution in [2.24, 2.45) is 17.8 Å². The first-order valence-corrected chi connectivity index (χ1v) is 14.0. The lowest BCUT2D eigenvalue weighted by atomic mass is 9.59. The minimum Gasteiger partial charge on any atom is -0.508 e. The second-order valence-corrected chi connectivity index (χ2v) is 11.1. The third-order valence-electron chi connectivity index (χ3n) is 8.85. The molecule has 4 unspecified atom stereocenters. The maximum atomic E-state index is 13.9. The zero-order chi connectivity index (χ0) is 29.0. The fourth-order valence-corrected chi connectivity index (χ4v) is 6.97. The standard InChI is InChI=1S/C33H31NO7/c1-3-41-26-6-4-5-21(31(26)38)27-20-11-12-22-28(23(20)16-24-29(27)25(36)15-17(2)30(24)37)33(40)34(32(22)39)14-13-18-7-9-19(35)10-8-18/h4-11,15,22-23,27-28,35,38H,3,12-14,16H2,1-2H3. The molecular weight excluding hydrogens is 522 g/mol. The average molecular weight is 554 g/mol. The van der Waals surface area contributed by atoms with Crippen LogP contribution >= 0.6 is 0 Å². The lowest BCUT2D eigenvalue weighted by Gasteiger charge is -2.42. The van der Waals surface area contributed by atoms with Crippen molar-refractivity contribution < 1.29 is 34.1 Å². The molecule has 1 saturated heterocycles. The first kappa shape index (κ1) is 26.7. The van der Waals surface area contributed by atoms with E-state index in [-0.39, 0.29) is 53.6 Å². The Hall–Kier alpha value is -4.46. The summed E-state index contributed by atoms with van der Waals surface area (Å²) in [5.41, 5.74) is 3.13. The van der Waals surface area contributed by atoms with Crippen molar-refractivity contribution in [2.75, 3.05) is 13.2 Å². The molecule has 0 aromatic heterocycles. The van der Waals surface area contributed by atoms with E-state index in [9.17, 15) is 29.4 Å². The summed E-state index contributed by atoms with van der Waals surface area (Å²) in [4.78, 5) is 55.6. The van der Waals surface area contributed by atoms with Gasteiger partial charge in [0.25, 0.3) is 0 Å². The van der Waals surface area contributed by atoms with Crippen molar-refractivity contribution in [1.29, 1.82) is 0 Å². The van der Waals surface area contributed by atoms with Gasteiger partial charge in [-0.2, -0.15) is 0 Å². The lowest BCUT2D eigenvalue weighted by Crippen LogP contribution is -2.40. The normalized spacial score (nSPS) is 25.5. The number of phenols is 2. The molecule has 1 fully saturated rings. The predicted molar refractivity (Wildman–Crippen MR) is 149 cm³/mol. The Morgan fingerprint density at radius 3 is 2.46 bits per heavy atom. The molecule has 1 aliphatic heterocycles. The highest BCUT2D eigenvalue weighted by Crippen LogP contribution is 2.56. The van der Waals surface area contributed by atoms with Crippen LogP contribution in [0.3, 0.4) is 0 Å². The highest BCUT2D eigenvalue weighted by molar-refractivity contribution is 6.23. The molecular formula is C33H31NO7. The van der Waals surface area contributed by atoms with E-state index in [1.165, 1.54) is 11.0 Å². The van der Waals surface area contributed by atoms with Gasteiger partial charge < -0.3 is 14.9 Å². The SMILES string of the molecule is CCOc1cccc(C2C3=CCC4C(=O)N(CCc5ccc(O)cc5)C(=O)C4C3CC3=C2C(=O)C=C(C)C3=O)c1O. The molecule has 8 nitrogen and oxygen atoms in total. The predicted octanol–water partition coefficient (Wildman–Crippen LogP) is 4.17. The number of ether oxygens (including phenoxy) is 1. The highest BCUT2D eigenvalue weighted by Gasteiger charge is 2.56. The molecule has 0 saturated carbocycles. The fraction of sp³-hybridized carbons (Fsp3) is 0.333. The molecule has 4 atom stereocenters. The number of allylic oxidation sites excluding steroid dienone is 6. The van der Waals surface area contributed by atoms with Crippen molar-refractivity contribution in [2.45, 2.75) is 39.0 Å². The molecule has 8 heteroatoms. The van der Waals surface area contributed by atoms with Crippen molar-refractivity contribution >= 4 is 23.4 Å². The molecule has 4 aliphatic rings. The van der Waals surface area contributed by atoms with Crippen molar-refractivity contribution in [3.05, 3.63) is 88.0 Å². The molecule has 41 heavy (non-hydrogen) atoms. The number of nitrogens with zero attached hydrogens (tertiary/aromatic N) is 1. The number of carbonyl (C=O) groups is 4. The monoisotopic (exact) mass is 553 g/mol. The number of hydrogen-bond donors (Lipinski definition) is 2. The number of amides is 2. The zero-order valence-electron chi connectivity index (χ0n) is 22.9. The number of aromatic hydroxyl groups is 2. The van der Waals surface area contributed by atoms with Crippen LogP contribution in [0.1, 0.15) is 43.7 Å². The molecule has 2 aromatic carbocycles. The van der Waals surface area contributed by atoms with E-state index < -0.39 is 23.7 Å². The molecule has 1 heterocycles. The molecule has 2 N–H and O–H groups in total. The minimum atomic E-state index is -0.736. The summed E-state index contributed by atoms with van der Waals surface area (Å²) in [5, 5.41) is 20.8. The van der Waals surface area contributed by atoms with Crippen molar-refractivity contribution in [1.82, 2.24) is 4.90 Å². The Morgan fingerprint density at radius 2 is 1.73 bits per heavy atom. The number of rotatable bonds is 6. The number of ketones is 2. The molecule has 2 aromatic rings. The van der Waals surface area contributed by atoms with E-state index in [1.807, 2.05) is 6.08 Å². The zero-order valence-corrected chi connectivity index (χ0v) is 22.9. The molecule has 6 rings (SSSR count). The van der Waals surface area contributed by atoms with Gasteiger partial charge >= 0.3 is 0 Å². The van der Waals surface area contributed by atoms with E-state index in [1.54, 1.807) is 56.3 Å². The van der Waals surface area contributed by atoms with Crippen molar-refractivity contribution in [3.63, 3.8) is 0 Å². The van der Waals surface area contributed by atoms with Gasteiger partial charge in [0.1, 0.15) is 5.75 Å². The van der Waals surface area contributed by atoms with Gasteiger partial charge in [-0.3, -0.25) is 24.1 Å². The quantitative estimate of drug-likeness (QED) is 0.313. The van der Waals surface area contributed by atoms with Crippen LogP contribution in [0, 0.1) is 17.8 Å². The summed E-state index contributed by atoms with van der Waals surface area (Å²) in [5.74, 6) is -3.13. The van der Waals surface area contributed by atoms with E-state index in [0.717, 1.165) is 11.1 Å². The van der Waals surface area contributed by atoms with Crippen LogP contribution in [0.5, 0.6) is 17.2 Å². The summed E-state index contributed by atoms with van der Waals surface area (Å²) in [6.45, 7) is 3.96. The van der Waals surface area contributed by atoms with E-state index in [0.29, 0.717) is 41.7 Å². The summed E-state index contributed by atoms with van der Waals surface area (Å²) in [7, 11) is 0. The van der Waals surface area contributed by atoms with Crippen molar-refractivity contribution in [3.8, 4) is 17.2 Å². The number of imide groups is 1. The Kier molecular flexibility index (Phi) is 6.64. The number of para-hydroxylation sites is 1. The van der Waals surface area contributed by atoms with E-state index >= 15 is 0 Å². The number of phenolic OH excluding ortho intramolecular Hbond substituents is 2. The highest BCUT2D eigenvalue weighted by atomic mass is 16.5. The molecule has 0 radical (unpaired) electrons. The first-order valence-electron chi connectivity index (χ1n) is 14.0. The van der Waals surface area contributed by atoms with E-state index in [2.05, 4.69) is 0 Å². The summed E-state index contributed by atoms with van der Waals surface area (Å²) in [6.07, 6.45) is 4.25. The Balaban J connectivity index is 1.40. The number of fused-ring (bicyclic) bond motifs is 3. The molecule has 0 bridgehead atoms. The van der Waals surface area contributed by atoms with Crippen LogP contribution in [-0.2, 0) is 25.6 Å².